The van der Waals surface area contributed by atoms with Crippen molar-refractivity contribution in [1.29, 1.82) is 0 Å². The van der Waals surface area contributed by atoms with Crippen LogP contribution in [0.3, 0.4) is 0 Å². The zero-order valence-electron chi connectivity index (χ0n) is 5.54. The minimum atomic E-state index is -0.409. The molecule has 0 aliphatic heterocycles. The first kappa shape index (κ1) is 10.8. The van der Waals surface area contributed by atoms with Crippen LogP contribution in [-0.4, -0.2) is 9.55 Å². The van der Waals surface area contributed by atoms with Gasteiger partial charge in [-0.15, -0.1) is 0 Å². The van der Waals surface area contributed by atoms with Crippen LogP contribution in [0.5, 0.6) is 0 Å². The largest absolute Gasteiger partial charge is 0.328 e. The van der Waals surface area contributed by atoms with Crippen molar-refractivity contribution in [3.8, 4) is 0 Å². The van der Waals surface area contributed by atoms with E-state index in [2.05, 4.69) is 20.9 Å². The molecule has 1 rings (SSSR count). The van der Waals surface area contributed by atoms with E-state index in [0.29, 0.717) is 4.47 Å². The van der Waals surface area contributed by atoms with Gasteiger partial charge >= 0.3 is 5.69 Å². The Kier molecular flexibility index (Phi) is 3.97. The fourth-order valence-corrected chi connectivity index (χ4v) is 0.939. The molecule has 64 valence electrons. The zero-order valence-corrected chi connectivity index (χ0v) is 9.39. The third-order valence-electron chi connectivity index (χ3n) is 1.06. The summed E-state index contributed by atoms with van der Waals surface area (Å²) in [7, 11) is 1.56. The van der Waals surface area contributed by atoms with Crippen LogP contribution in [-0.2, 0) is 28.1 Å². The van der Waals surface area contributed by atoms with E-state index in [1.165, 1.54) is 10.8 Å². The molecule has 1 N–H and O–H groups in total. The van der Waals surface area contributed by atoms with E-state index >= 15 is 0 Å². The van der Waals surface area contributed by atoms with E-state index in [0.717, 1.165) is 0 Å². The summed E-state index contributed by atoms with van der Waals surface area (Å²) in [6.45, 7) is 0. The second-order valence-corrected chi connectivity index (χ2v) is 2.70. The summed E-state index contributed by atoms with van der Waals surface area (Å²) in [4.78, 5) is 23.5. The maximum atomic E-state index is 10.7. The van der Waals surface area contributed by atoms with E-state index in [4.69, 9.17) is 0 Å². The summed E-state index contributed by atoms with van der Waals surface area (Å²) in [6, 6.07) is 0. The standard InChI is InChI=1S/C5H5BrN2O2.Pt/c1-8-2-3(6)4(9)7-5(8)10;/h2H,1H3,(H,7,9,10);. The number of hydrogen-bond donors (Lipinski definition) is 1. The molecule has 0 atom stereocenters. The quantitative estimate of drug-likeness (QED) is 0.658. The topological polar surface area (TPSA) is 54.9 Å². The van der Waals surface area contributed by atoms with E-state index in [9.17, 15) is 9.59 Å². The van der Waals surface area contributed by atoms with Gasteiger partial charge in [0.05, 0.1) is 4.47 Å². The number of nitrogens with zero attached hydrogens (tertiary/aromatic N) is 1. The first-order valence-corrected chi connectivity index (χ1v) is 3.36. The van der Waals surface area contributed by atoms with Crippen LogP contribution in [0, 0.1) is 0 Å². The van der Waals surface area contributed by atoms with Crippen LogP contribution in [0.4, 0.5) is 0 Å². The van der Waals surface area contributed by atoms with Gasteiger partial charge in [-0.3, -0.25) is 9.78 Å². The van der Waals surface area contributed by atoms with Gasteiger partial charge in [0.15, 0.2) is 0 Å². The molecular formula is C5H5BrN2O2Pt. The van der Waals surface area contributed by atoms with Gasteiger partial charge < -0.3 is 4.57 Å². The monoisotopic (exact) mass is 399 g/mol. The predicted molar refractivity (Wildman–Crippen MR) is 40.0 cm³/mol. The minimum absolute atomic E-state index is 0. The Bertz CT molecular complexity index is 325. The molecule has 0 unspecified atom stereocenters. The van der Waals surface area contributed by atoms with Gasteiger partial charge in [-0.25, -0.2) is 4.79 Å². The number of hydrogen-bond acceptors (Lipinski definition) is 2. The Morgan fingerprint density at radius 1 is 1.55 bits per heavy atom. The van der Waals surface area contributed by atoms with Gasteiger partial charge in [0.25, 0.3) is 5.56 Å². The average Bonchev–Trinajstić information content (AvgIpc) is 1.84. The molecule has 1 heterocycles. The van der Waals surface area contributed by atoms with Crippen molar-refractivity contribution in [2.75, 3.05) is 0 Å². The van der Waals surface area contributed by atoms with Crippen LogP contribution < -0.4 is 11.2 Å². The molecule has 0 aromatic carbocycles. The molecule has 4 nitrogen and oxygen atoms in total. The number of aromatic amines is 1. The molecule has 0 aliphatic rings. The third-order valence-corrected chi connectivity index (χ3v) is 1.63. The van der Waals surface area contributed by atoms with Crippen molar-refractivity contribution >= 4 is 15.9 Å². The summed E-state index contributed by atoms with van der Waals surface area (Å²) >= 11 is 2.98. The third kappa shape index (κ3) is 2.42. The Morgan fingerprint density at radius 3 is 2.55 bits per heavy atom. The molecule has 0 amide bonds. The van der Waals surface area contributed by atoms with Gasteiger partial charge in [-0.05, 0) is 15.9 Å². The molecule has 1 aromatic rings. The van der Waals surface area contributed by atoms with Crippen molar-refractivity contribution in [3.63, 3.8) is 0 Å². The maximum Gasteiger partial charge on any atom is 0.328 e. The van der Waals surface area contributed by atoms with Gasteiger partial charge in [0.2, 0.25) is 0 Å². The van der Waals surface area contributed by atoms with Crippen molar-refractivity contribution in [3.05, 3.63) is 31.5 Å². The normalized spacial score (nSPS) is 8.91. The Labute approximate surface area is 85.0 Å². The SMILES string of the molecule is Cn1cc(Br)c(=O)[nH]c1=O.[Pt]. The van der Waals surface area contributed by atoms with Crippen LogP contribution in [0.25, 0.3) is 0 Å². The number of nitrogens with one attached hydrogen (secondary N) is 1. The fraction of sp³-hybridized carbons (Fsp3) is 0.200. The number of H-pyrrole nitrogens is 1. The Balaban J connectivity index is 0.000001000. The van der Waals surface area contributed by atoms with Gasteiger partial charge in [-0.1, -0.05) is 0 Å². The van der Waals surface area contributed by atoms with Gasteiger partial charge in [-0.2, -0.15) is 0 Å². The maximum absolute atomic E-state index is 10.7. The van der Waals surface area contributed by atoms with Crippen molar-refractivity contribution < 1.29 is 21.1 Å². The molecular weight excluding hydrogens is 395 g/mol. The van der Waals surface area contributed by atoms with Crippen LogP contribution in [0.2, 0.25) is 0 Å². The number of aromatic nitrogens is 2. The summed E-state index contributed by atoms with van der Waals surface area (Å²) in [5.41, 5.74) is -0.809. The fourth-order valence-electron chi connectivity index (χ4n) is 0.532. The summed E-state index contributed by atoms with van der Waals surface area (Å²) in [6.07, 6.45) is 1.42. The van der Waals surface area contributed by atoms with Crippen molar-refractivity contribution in [2.24, 2.45) is 7.05 Å². The van der Waals surface area contributed by atoms with Crippen LogP contribution >= 0.6 is 15.9 Å². The minimum Gasteiger partial charge on any atom is -0.303 e. The zero-order chi connectivity index (χ0) is 7.72. The van der Waals surface area contributed by atoms with Crippen LogP contribution in [0.1, 0.15) is 0 Å². The van der Waals surface area contributed by atoms with E-state index in [-0.39, 0.29) is 21.1 Å². The first-order valence-electron chi connectivity index (χ1n) is 2.56. The number of halogens is 1. The molecule has 0 saturated carbocycles. The molecule has 0 saturated heterocycles. The molecule has 0 bridgehead atoms. The van der Waals surface area contributed by atoms with Crippen molar-refractivity contribution in [2.45, 2.75) is 0 Å². The molecule has 0 spiro atoms. The van der Waals surface area contributed by atoms with E-state index < -0.39 is 11.2 Å². The molecule has 6 heteroatoms. The average molecular weight is 400 g/mol. The van der Waals surface area contributed by atoms with Crippen molar-refractivity contribution in [1.82, 2.24) is 9.55 Å². The van der Waals surface area contributed by atoms with E-state index in [1.54, 1.807) is 7.05 Å². The van der Waals surface area contributed by atoms with Gasteiger partial charge in [0, 0.05) is 34.3 Å². The molecule has 1 aromatic heterocycles. The second kappa shape index (κ2) is 4.02. The summed E-state index contributed by atoms with van der Waals surface area (Å²) < 4.78 is 1.64. The molecule has 11 heavy (non-hydrogen) atoms. The van der Waals surface area contributed by atoms with Gasteiger partial charge in [0.1, 0.15) is 0 Å². The molecule has 0 radical (unpaired) electrons. The number of aryl methyl sites for hydroxylation is 1. The summed E-state index contributed by atoms with van der Waals surface area (Å²) in [5, 5.41) is 0. The van der Waals surface area contributed by atoms with Crippen LogP contribution in [0.15, 0.2) is 20.3 Å². The predicted octanol–water partition coefficient (Wildman–Crippen LogP) is -0.166. The summed E-state index contributed by atoms with van der Waals surface area (Å²) in [5.74, 6) is 0. The molecule has 0 aliphatic carbocycles. The smallest absolute Gasteiger partial charge is 0.303 e. The first-order chi connectivity index (χ1) is 4.61. The molecule has 0 fully saturated rings. The number of rotatable bonds is 0. The Hall–Kier alpha value is -0.152. The second-order valence-electron chi connectivity index (χ2n) is 1.85. The Morgan fingerprint density at radius 2 is 2.09 bits per heavy atom. The van der Waals surface area contributed by atoms with E-state index in [1.807, 2.05) is 0 Å².